The summed E-state index contributed by atoms with van der Waals surface area (Å²) in [6.07, 6.45) is 2.30. The van der Waals surface area contributed by atoms with Crippen molar-refractivity contribution in [2.75, 3.05) is 46.2 Å². The van der Waals surface area contributed by atoms with Gasteiger partial charge in [-0.25, -0.2) is 0 Å². The van der Waals surface area contributed by atoms with Crippen LogP contribution in [-0.2, 0) is 23.8 Å². The molecule has 1 amide bonds. The third kappa shape index (κ3) is 37.7. The van der Waals surface area contributed by atoms with Crippen molar-refractivity contribution in [2.45, 2.75) is 113 Å². The van der Waals surface area contributed by atoms with Gasteiger partial charge in [0.15, 0.2) is 0 Å². The Kier molecular flexibility index (Phi) is 32.3. The number of hydrogen-bond donors (Lipinski definition) is 3. The van der Waals surface area contributed by atoms with E-state index in [-0.39, 0.29) is 36.9 Å². The number of aliphatic hydroxyl groups is 2. The average molecular weight is 510 g/mol. The first kappa shape index (κ1) is 41.1. The summed E-state index contributed by atoms with van der Waals surface area (Å²) in [6, 6.07) is 0. The number of hydrogen-bond acceptors (Lipinski definition) is 7. The molecule has 0 fully saturated rings. The first-order valence-corrected chi connectivity index (χ1v) is 13.2. The SMILES string of the molecule is CC.CC.CC(=O)CCOC(C)(C)CCOC(C)(C)CNC(=O)CCO.CC(C)CCOCCO. The van der Waals surface area contributed by atoms with E-state index >= 15 is 0 Å². The molecule has 0 atom stereocenters. The number of rotatable bonds is 17. The minimum absolute atomic E-state index is 0.104. The molecule has 8 heteroatoms. The molecular formula is C27H59NO7. The van der Waals surface area contributed by atoms with Gasteiger partial charge in [0.05, 0.1) is 44.2 Å². The Morgan fingerprint density at radius 3 is 1.80 bits per heavy atom. The van der Waals surface area contributed by atoms with Gasteiger partial charge in [0, 0.05) is 26.0 Å². The molecule has 0 aromatic heterocycles. The minimum atomic E-state index is -0.486. The topological polar surface area (TPSA) is 114 Å². The van der Waals surface area contributed by atoms with E-state index in [1.54, 1.807) is 6.92 Å². The number of aliphatic hydroxyl groups excluding tert-OH is 2. The summed E-state index contributed by atoms with van der Waals surface area (Å²) in [6.45, 7) is 24.1. The molecule has 0 aliphatic rings. The zero-order chi connectivity index (χ0) is 28.3. The van der Waals surface area contributed by atoms with Gasteiger partial charge in [-0.15, -0.1) is 0 Å². The van der Waals surface area contributed by atoms with Gasteiger partial charge in [0.2, 0.25) is 5.91 Å². The maximum absolute atomic E-state index is 11.3. The Labute approximate surface area is 216 Å². The molecule has 8 nitrogen and oxygen atoms in total. The highest BCUT2D eigenvalue weighted by molar-refractivity contribution is 5.76. The van der Waals surface area contributed by atoms with Crippen LogP contribution in [0, 0.1) is 5.92 Å². The summed E-state index contributed by atoms with van der Waals surface area (Å²) < 4.78 is 16.5. The lowest BCUT2D eigenvalue weighted by molar-refractivity contribution is -0.124. The summed E-state index contributed by atoms with van der Waals surface area (Å²) in [4.78, 5) is 22.2. The first-order valence-electron chi connectivity index (χ1n) is 13.2. The Balaban J connectivity index is -0.000000307. The smallest absolute Gasteiger partial charge is 0.222 e. The van der Waals surface area contributed by atoms with Crippen LogP contribution in [0.25, 0.3) is 0 Å². The van der Waals surface area contributed by atoms with E-state index in [1.165, 1.54) is 0 Å². The Hall–Kier alpha value is -1.06. The number of ether oxygens (including phenoxy) is 3. The molecule has 0 aliphatic heterocycles. The fourth-order valence-electron chi connectivity index (χ4n) is 2.15. The quantitative estimate of drug-likeness (QED) is 0.247. The molecule has 35 heavy (non-hydrogen) atoms. The summed E-state index contributed by atoms with van der Waals surface area (Å²) in [5, 5.41) is 19.7. The second kappa shape index (κ2) is 27.5. The summed E-state index contributed by atoms with van der Waals surface area (Å²) >= 11 is 0. The molecule has 0 heterocycles. The highest BCUT2D eigenvalue weighted by Crippen LogP contribution is 2.17. The zero-order valence-electron chi connectivity index (χ0n) is 24.8. The number of carbonyl (C=O) groups excluding carboxylic acids is 2. The first-order chi connectivity index (χ1) is 16.3. The highest BCUT2D eigenvalue weighted by atomic mass is 16.5. The molecule has 0 bridgehead atoms. The molecule has 0 saturated heterocycles. The lowest BCUT2D eigenvalue weighted by atomic mass is 10.1. The van der Waals surface area contributed by atoms with Crippen LogP contribution in [0.15, 0.2) is 0 Å². The van der Waals surface area contributed by atoms with Crippen LogP contribution in [0.2, 0.25) is 0 Å². The highest BCUT2D eigenvalue weighted by Gasteiger charge is 2.23. The molecule has 0 saturated carbocycles. The van der Waals surface area contributed by atoms with E-state index in [0.717, 1.165) is 13.0 Å². The van der Waals surface area contributed by atoms with E-state index in [9.17, 15) is 9.59 Å². The number of Topliss-reactive ketones (excluding diaryl/α,β-unsaturated/α-hetero) is 1. The molecule has 0 spiro atoms. The lowest BCUT2D eigenvalue weighted by Gasteiger charge is -2.30. The number of nitrogens with one attached hydrogen (secondary N) is 1. The normalized spacial score (nSPS) is 10.8. The van der Waals surface area contributed by atoms with Crippen molar-refractivity contribution < 1.29 is 34.0 Å². The van der Waals surface area contributed by atoms with Gasteiger partial charge in [0.1, 0.15) is 5.78 Å². The molecule has 0 aromatic rings. The predicted molar refractivity (Wildman–Crippen MR) is 145 cm³/mol. The summed E-state index contributed by atoms with van der Waals surface area (Å²) in [5.74, 6) is 0.627. The Morgan fingerprint density at radius 2 is 1.34 bits per heavy atom. The molecular weight excluding hydrogens is 450 g/mol. The van der Waals surface area contributed by atoms with Crippen LogP contribution < -0.4 is 5.32 Å². The molecule has 0 unspecified atom stereocenters. The maximum atomic E-state index is 11.3. The van der Waals surface area contributed by atoms with Gasteiger partial charge in [0.25, 0.3) is 0 Å². The lowest BCUT2D eigenvalue weighted by Crippen LogP contribution is -2.41. The third-order valence-electron chi connectivity index (χ3n) is 4.27. The predicted octanol–water partition coefficient (Wildman–Crippen LogP) is 4.54. The standard InChI is InChI=1S/C16H31NO5.C7H16O2.2C2H6/c1-13(19)7-10-21-15(2,3)8-11-22-16(4,5)12-17-14(20)6-9-18;1-7(2)3-5-9-6-4-8;2*1-2/h18H,6-12H2,1-5H3,(H,17,20);7-8H,3-6H2,1-2H3;2*1-2H3. The van der Waals surface area contributed by atoms with E-state index < -0.39 is 5.60 Å². The summed E-state index contributed by atoms with van der Waals surface area (Å²) in [5.41, 5.74) is -0.841. The van der Waals surface area contributed by atoms with Gasteiger partial charge in [-0.05, 0) is 53.4 Å². The van der Waals surface area contributed by atoms with Gasteiger partial charge in [-0.1, -0.05) is 41.5 Å². The second-order valence-corrected chi connectivity index (χ2v) is 9.19. The van der Waals surface area contributed by atoms with Gasteiger partial charge in [-0.3, -0.25) is 9.59 Å². The molecule has 0 aromatic carbocycles. The van der Waals surface area contributed by atoms with E-state index in [0.29, 0.717) is 45.1 Å². The van der Waals surface area contributed by atoms with Crippen LogP contribution in [0.5, 0.6) is 0 Å². The Bertz CT molecular complexity index is 466. The molecule has 214 valence electrons. The fraction of sp³-hybridized carbons (Fsp3) is 0.926. The van der Waals surface area contributed by atoms with Crippen LogP contribution in [0.1, 0.15) is 102 Å². The third-order valence-corrected chi connectivity index (χ3v) is 4.27. The van der Waals surface area contributed by atoms with Crippen LogP contribution in [0.4, 0.5) is 0 Å². The van der Waals surface area contributed by atoms with Crippen molar-refractivity contribution in [3.63, 3.8) is 0 Å². The van der Waals surface area contributed by atoms with Gasteiger partial charge >= 0.3 is 0 Å². The molecule has 0 aliphatic carbocycles. The molecule has 0 radical (unpaired) electrons. The molecule has 3 N–H and O–H groups in total. The van der Waals surface area contributed by atoms with Crippen molar-refractivity contribution in [3.05, 3.63) is 0 Å². The Morgan fingerprint density at radius 1 is 0.800 bits per heavy atom. The number of carbonyl (C=O) groups is 2. The van der Waals surface area contributed by atoms with Crippen molar-refractivity contribution in [1.29, 1.82) is 0 Å². The van der Waals surface area contributed by atoms with E-state index in [1.807, 2.05) is 55.4 Å². The zero-order valence-corrected chi connectivity index (χ0v) is 24.8. The summed E-state index contributed by atoms with van der Waals surface area (Å²) in [7, 11) is 0. The van der Waals surface area contributed by atoms with E-state index in [4.69, 9.17) is 24.4 Å². The van der Waals surface area contributed by atoms with Gasteiger partial charge in [-0.2, -0.15) is 0 Å². The van der Waals surface area contributed by atoms with Crippen molar-refractivity contribution >= 4 is 11.7 Å². The minimum Gasteiger partial charge on any atom is -0.396 e. The van der Waals surface area contributed by atoms with Crippen LogP contribution in [-0.4, -0.2) is 79.3 Å². The fourth-order valence-corrected chi connectivity index (χ4v) is 2.15. The van der Waals surface area contributed by atoms with Crippen molar-refractivity contribution in [2.24, 2.45) is 5.92 Å². The van der Waals surface area contributed by atoms with Crippen LogP contribution in [0.3, 0.4) is 0 Å². The number of amides is 1. The molecule has 0 rings (SSSR count). The van der Waals surface area contributed by atoms with Crippen molar-refractivity contribution in [1.82, 2.24) is 5.32 Å². The number of ketones is 1. The van der Waals surface area contributed by atoms with Crippen molar-refractivity contribution in [3.8, 4) is 0 Å². The van der Waals surface area contributed by atoms with Crippen LogP contribution >= 0.6 is 0 Å². The largest absolute Gasteiger partial charge is 0.396 e. The van der Waals surface area contributed by atoms with Gasteiger partial charge < -0.3 is 29.7 Å². The monoisotopic (exact) mass is 509 g/mol. The van der Waals surface area contributed by atoms with E-state index in [2.05, 4.69) is 19.2 Å². The maximum Gasteiger partial charge on any atom is 0.222 e. The second-order valence-electron chi connectivity index (χ2n) is 9.19. The average Bonchev–Trinajstić information content (AvgIpc) is 2.78.